The van der Waals surface area contributed by atoms with Gasteiger partial charge in [0.15, 0.2) is 0 Å². The van der Waals surface area contributed by atoms with Crippen LogP contribution in [0.15, 0.2) is 30.3 Å². The summed E-state index contributed by atoms with van der Waals surface area (Å²) in [5.41, 5.74) is 2.45. The number of fused-ring (bicyclic) bond motifs is 2. The number of nitrogens with zero attached hydrogens (tertiary/aromatic N) is 1. The number of carbonyl (C=O) groups excluding carboxylic acids is 1. The molecule has 0 radical (unpaired) electrons. The highest BCUT2D eigenvalue weighted by Crippen LogP contribution is 2.44. The molecule has 2 aromatic rings. The lowest BCUT2D eigenvalue weighted by Gasteiger charge is -2.29. The van der Waals surface area contributed by atoms with Crippen molar-refractivity contribution in [2.45, 2.75) is 63.3 Å². The van der Waals surface area contributed by atoms with E-state index in [9.17, 15) is 18.0 Å². The summed E-state index contributed by atoms with van der Waals surface area (Å²) >= 11 is 0. The van der Waals surface area contributed by atoms with E-state index in [2.05, 4.69) is 4.90 Å². The molecule has 5 nitrogen and oxygen atoms in total. The Kier molecular flexibility index (Phi) is 6.66. The lowest BCUT2D eigenvalue weighted by molar-refractivity contribution is -0.141. The predicted octanol–water partition coefficient (Wildman–Crippen LogP) is 5.80. The lowest BCUT2D eigenvalue weighted by atomic mass is 9.95. The largest absolute Gasteiger partial charge is 0.492 e. The maximum Gasteiger partial charge on any atom is 0.416 e. The third-order valence-electron chi connectivity index (χ3n) is 7.39. The van der Waals surface area contributed by atoms with Crippen molar-refractivity contribution in [3.8, 4) is 11.5 Å². The molecule has 0 spiro atoms. The number of carbonyl (C=O) groups is 1. The van der Waals surface area contributed by atoms with Gasteiger partial charge in [-0.15, -0.1) is 0 Å². The Labute approximate surface area is 203 Å². The Morgan fingerprint density at radius 1 is 1.11 bits per heavy atom. The molecule has 8 heteroatoms. The van der Waals surface area contributed by atoms with E-state index >= 15 is 0 Å². The summed E-state index contributed by atoms with van der Waals surface area (Å²) in [6, 6.07) is 8.36. The Bertz CT molecular complexity index is 1090. The summed E-state index contributed by atoms with van der Waals surface area (Å²) in [5.74, 6) is 0.940. The number of esters is 1. The van der Waals surface area contributed by atoms with Crippen LogP contribution in [0.4, 0.5) is 13.2 Å². The molecule has 0 aromatic heterocycles. The molecule has 2 atom stereocenters. The van der Waals surface area contributed by atoms with Crippen LogP contribution in [0.25, 0.3) is 0 Å². The van der Waals surface area contributed by atoms with E-state index in [0.29, 0.717) is 43.1 Å². The molecule has 0 saturated carbocycles. The zero-order valence-electron chi connectivity index (χ0n) is 19.8. The molecule has 188 valence electrons. The molecule has 0 N–H and O–H groups in total. The SMILES string of the molecule is COC(=O)C[C@@H]1COc2cc(O[C@@H]3CCc4c3ccc(C(F)(F)F)c4CN3CCCCC3)ccc21. The maximum atomic E-state index is 13.9. The summed E-state index contributed by atoms with van der Waals surface area (Å²) in [4.78, 5) is 13.8. The van der Waals surface area contributed by atoms with E-state index in [1.54, 1.807) is 6.07 Å². The molecule has 3 aliphatic rings. The van der Waals surface area contributed by atoms with E-state index in [4.69, 9.17) is 14.2 Å². The molecule has 2 heterocycles. The van der Waals surface area contributed by atoms with Crippen LogP contribution in [0.5, 0.6) is 11.5 Å². The minimum absolute atomic E-state index is 0.0585. The first-order valence-corrected chi connectivity index (χ1v) is 12.3. The van der Waals surface area contributed by atoms with E-state index in [1.165, 1.54) is 13.2 Å². The number of methoxy groups -OCH3 is 1. The third kappa shape index (κ3) is 4.99. The van der Waals surface area contributed by atoms with Crippen molar-refractivity contribution >= 4 is 5.97 Å². The predicted molar refractivity (Wildman–Crippen MR) is 124 cm³/mol. The molecule has 1 fully saturated rings. The van der Waals surface area contributed by atoms with Gasteiger partial charge in [-0.3, -0.25) is 9.69 Å². The second-order valence-corrected chi connectivity index (χ2v) is 9.63. The molecule has 0 bridgehead atoms. The number of halogens is 3. The van der Waals surface area contributed by atoms with Crippen molar-refractivity contribution in [1.82, 2.24) is 4.90 Å². The lowest BCUT2D eigenvalue weighted by Crippen LogP contribution is -2.30. The van der Waals surface area contributed by atoms with Gasteiger partial charge in [0.1, 0.15) is 17.6 Å². The Morgan fingerprint density at radius 2 is 1.89 bits per heavy atom. The van der Waals surface area contributed by atoms with Gasteiger partial charge in [-0.1, -0.05) is 18.6 Å². The number of piperidine rings is 1. The van der Waals surface area contributed by atoms with E-state index in [0.717, 1.165) is 49.0 Å². The van der Waals surface area contributed by atoms with Crippen LogP contribution < -0.4 is 9.47 Å². The molecule has 35 heavy (non-hydrogen) atoms. The standard InChI is InChI=1S/C27H30F3NO4/c1-33-26(32)13-17-16-34-25-14-18(5-6-19(17)25)35-24-10-8-20-21(24)7-9-23(27(28,29)30)22(20)15-31-11-3-2-4-12-31/h5-7,9,14,17,24H,2-4,8,10-13,15-16H2,1H3/t17-,24-/m1/s1. The first-order chi connectivity index (χ1) is 16.8. The third-order valence-corrected chi connectivity index (χ3v) is 7.39. The summed E-state index contributed by atoms with van der Waals surface area (Å²) in [6.45, 7) is 2.42. The van der Waals surface area contributed by atoms with Gasteiger partial charge in [-0.2, -0.15) is 13.2 Å². The summed E-state index contributed by atoms with van der Waals surface area (Å²) in [7, 11) is 1.37. The molecule has 1 saturated heterocycles. The van der Waals surface area contributed by atoms with Crippen molar-refractivity contribution in [2.24, 2.45) is 0 Å². The Morgan fingerprint density at radius 3 is 2.63 bits per heavy atom. The van der Waals surface area contributed by atoms with Crippen LogP contribution in [-0.4, -0.2) is 37.7 Å². The fraction of sp³-hybridized carbons (Fsp3) is 0.519. The van der Waals surface area contributed by atoms with Gasteiger partial charge < -0.3 is 14.2 Å². The fourth-order valence-corrected chi connectivity index (χ4v) is 5.60. The number of hydrogen-bond donors (Lipinski definition) is 0. The van der Waals surface area contributed by atoms with Gasteiger partial charge in [0, 0.05) is 24.1 Å². The van der Waals surface area contributed by atoms with Crippen molar-refractivity contribution in [3.05, 3.63) is 58.1 Å². The zero-order valence-corrected chi connectivity index (χ0v) is 19.8. The maximum absolute atomic E-state index is 13.9. The van der Waals surface area contributed by atoms with E-state index < -0.39 is 11.7 Å². The topological polar surface area (TPSA) is 48.0 Å². The quantitative estimate of drug-likeness (QED) is 0.481. The van der Waals surface area contributed by atoms with Crippen LogP contribution in [0.1, 0.15) is 71.9 Å². The zero-order chi connectivity index (χ0) is 24.6. The smallest absolute Gasteiger partial charge is 0.416 e. The fourth-order valence-electron chi connectivity index (χ4n) is 5.60. The molecule has 1 aliphatic carbocycles. The van der Waals surface area contributed by atoms with Crippen LogP contribution in [-0.2, 0) is 28.7 Å². The number of alkyl halides is 3. The highest BCUT2D eigenvalue weighted by atomic mass is 19.4. The number of benzene rings is 2. The molecular formula is C27H30F3NO4. The van der Waals surface area contributed by atoms with Gasteiger partial charge in [0.05, 0.1) is 25.7 Å². The minimum Gasteiger partial charge on any atom is -0.492 e. The van der Waals surface area contributed by atoms with Crippen molar-refractivity contribution < 1.29 is 32.2 Å². The van der Waals surface area contributed by atoms with Crippen LogP contribution in [0.2, 0.25) is 0 Å². The van der Waals surface area contributed by atoms with E-state index in [-0.39, 0.29) is 24.4 Å². The first kappa shape index (κ1) is 24.0. The van der Waals surface area contributed by atoms with Crippen LogP contribution in [0, 0.1) is 0 Å². The van der Waals surface area contributed by atoms with Gasteiger partial charge in [0.2, 0.25) is 0 Å². The Balaban J connectivity index is 1.37. The average molecular weight is 490 g/mol. The van der Waals surface area contributed by atoms with Gasteiger partial charge in [-0.05, 0) is 67.6 Å². The highest BCUT2D eigenvalue weighted by molar-refractivity contribution is 5.71. The summed E-state index contributed by atoms with van der Waals surface area (Å²) in [6.07, 6.45) is -0.0380. The molecule has 5 rings (SSSR count). The van der Waals surface area contributed by atoms with Crippen LogP contribution in [0.3, 0.4) is 0 Å². The van der Waals surface area contributed by atoms with Crippen molar-refractivity contribution in [1.29, 1.82) is 0 Å². The van der Waals surface area contributed by atoms with Gasteiger partial charge >= 0.3 is 12.1 Å². The molecule has 2 aliphatic heterocycles. The van der Waals surface area contributed by atoms with Crippen molar-refractivity contribution in [3.63, 3.8) is 0 Å². The molecule has 2 aromatic carbocycles. The molecule has 0 amide bonds. The van der Waals surface area contributed by atoms with Crippen molar-refractivity contribution in [2.75, 3.05) is 26.8 Å². The van der Waals surface area contributed by atoms with Gasteiger partial charge in [-0.25, -0.2) is 0 Å². The van der Waals surface area contributed by atoms with Crippen LogP contribution >= 0.6 is 0 Å². The summed E-state index contributed by atoms with van der Waals surface area (Å²) < 4.78 is 58.5. The monoisotopic (exact) mass is 489 g/mol. The second-order valence-electron chi connectivity index (χ2n) is 9.63. The first-order valence-electron chi connectivity index (χ1n) is 12.3. The molecule has 0 unspecified atom stereocenters. The number of rotatable bonds is 6. The van der Waals surface area contributed by atoms with Gasteiger partial charge in [0.25, 0.3) is 0 Å². The minimum atomic E-state index is -4.38. The summed E-state index contributed by atoms with van der Waals surface area (Å²) in [5, 5.41) is 0. The number of hydrogen-bond acceptors (Lipinski definition) is 5. The Hall–Kier alpha value is -2.74. The highest BCUT2D eigenvalue weighted by Gasteiger charge is 2.38. The number of ether oxygens (including phenoxy) is 3. The average Bonchev–Trinajstić information content (AvgIpc) is 3.43. The normalized spacial score (nSPS) is 21.8. The molecular weight excluding hydrogens is 459 g/mol. The number of likely N-dealkylation sites (tertiary alicyclic amines) is 1. The second kappa shape index (κ2) is 9.72. The van der Waals surface area contributed by atoms with E-state index in [1.807, 2.05) is 18.2 Å².